The number of hydrogen-bond donors (Lipinski definition) is 1. The summed E-state index contributed by atoms with van der Waals surface area (Å²) in [4.78, 5) is 25.9. The molecule has 1 heterocycles. The molecule has 1 amide bonds. The van der Waals surface area contributed by atoms with Crippen molar-refractivity contribution in [2.24, 2.45) is 11.8 Å². The van der Waals surface area contributed by atoms with E-state index in [0.29, 0.717) is 19.4 Å². The second-order valence-electron chi connectivity index (χ2n) is 6.13. The van der Waals surface area contributed by atoms with Crippen LogP contribution < -0.4 is 0 Å². The van der Waals surface area contributed by atoms with E-state index in [0.717, 1.165) is 5.56 Å². The Balaban J connectivity index is 1.69. The topological polar surface area (TPSA) is 76.1 Å². The zero-order valence-electron chi connectivity index (χ0n) is 13.1. The highest BCUT2D eigenvalue weighted by Gasteiger charge is 2.53. The number of aliphatic hydroxyl groups is 1. The first-order chi connectivity index (χ1) is 11.1. The zero-order chi connectivity index (χ0) is 16.4. The number of methoxy groups -OCH3 is 1. The lowest BCUT2D eigenvalue weighted by atomic mass is 9.93. The van der Waals surface area contributed by atoms with Crippen molar-refractivity contribution in [2.45, 2.75) is 31.6 Å². The van der Waals surface area contributed by atoms with E-state index in [2.05, 4.69) is 0 Å². The van der Waals surface area contributed by atoms with Crippen molar-refractivity contribution in [3.8, 4) is 0 Å². The van der Waals surface area contributed by atoms with E-state index in [1.165, 1.54) is 12.0 Å². The maximum Gasteiger partial charge on any atom is 0.410 e. The molecule has 1 aromatic carbocycles. The molecule has 23 heavy (non-hydrogen) atoms. The van der Waals surface area contributed by atoms with Gasteiger partial charge >= 0.3 is 12.1 Å². The van der Waals surface area contributed by atoms with Gasteiger partial charge in [-0.3, -0.25) is 4.90 Å². The van der Waals surface area contributed by atoms with Gasteiger partial charge in [0.1, 0.15) is 12.6 Å². The molecule has 1 aliphatic carbocycles. The van der Waals surface area contributed by atoms with Crippen LogP contribution in [0, 0.1) is 11.8 Å². The lowest BCUT2D eigenvalue weighted by Crippen LogP contribution is -2.44. The summed E-state index contributed by atoms with van der Waals surface area (Å²) in [7, 11) is 1.31. The van der Waals surface area contributed by atoms with E-state index in [1.54, 1.807) is 0 Å². The average molecular weight is 319 g/mol. The third kappa shape index (κ3) is 3.03. The molecule has 6 nitrogen and oxygen atoms in total. The summed E-state index contributed by atoms with van der Waals surface area (Å²) in [6, 6.07) is 8.71. The smallest absolute Gasteiger partial charge is 0.410 e. The Morgan fingerprint density at radius 2 is 1.96 bits per heavy atom. The normalized spacial score (nSPS) is 29.2. The molecule has 1 aliphatic heterocycles. The fourth-order valence-corrected chi connectivity index (χ4v) is 3.71. The Labute approximate surface area is 135 Å². The minimum Gasteiger partial charge on any atom is -0.467 e. The van der Waals surface area contributed by atoms with Crippen molar-refractivity contribution in [3.05, 3.63) is 35.9 Å². The van der Waals surface area contributed by atoms with Crippen LogP contribution >= 0.6 is 0 Å². The summed E-state index contributed by atoms with van der Waals surface area (Å²) in [6.07, 6.45) is 0.369. The highest BCUT2D eigenvalue weighted by atomic mass is 16.6. The van der Waals surface area contributed by atoms with Gasteiger partial charge in [0, 0.05) is 12.5 Å². The minimum atomic E-state index is -0.662. The van der Waals surface area contributed by atoms with Crippen LogP contribution in [0.15, 0.2) is 30.3 Å². The highest BCUT2D eigenvalue weighted by Crippen LogP contribution is 2.43. The van der Waals surface area contributed by atoms with Gasteiger partial charge in [-0.1, -0.05) is 30.3 Å². The van der Waals surface area contributed by atoms with E-state index < -0.39 is 24.2 Å². The van der Waals surface area contributed by atoms with Crippen molar-refractivity contribution in [2.75, 3.05) is 13.7 Å². The maximum atomic E-state index is 12.4. The molecule has 2 fully saturated rings. The summed E-state index contributed by atoms with van der Waals surface area (Å²) < 4.78 is 10.2. The standard InChI is InChI=1S/C17H21NO5/c1-22-16(20)15-12-7-8-14(19)13(12)9-18(15)17(21)23-10-11-5-3-2-4-6-11/h2-6,12-15,19H,7-10H2,1H3/t12-,13-,14+,15-/m0/s1. The Morgan fingerprint density at radius 1 is 1.22 bits per heavy atom. The summed E-state index contributed by atoms with van der Waals surface area (Å²) >= 11 is 0. The van der Waals surface area contributed by atoms with Gasteiger partial charge in [0.2, 0.25) is 0 Å². The SMILES string of the molecule is COC(=O)[C@@H]1[C@H]2CC[C@@H](O)[C@H]2CN1C(=O)OCc1ccccc1. The average Bonchev–Trinajstić information content (AvgIpc) is 3.13. The number of likely N-dealkylation sites (tertiary alicyclic amines) is 1. The molecule has 0 radical (unpaired) electrons. The fraction of sp³-hybridized carbons (Fsp3) is 0.529. The number of fused-ring (bicyclic) bond motifs is 1. The third-order valence-electron chi connectivity index (χ3n) is 4.87. The molecule has 124 valence electrons. The van der Waals surface area contributed by atoms with Gasteiger partial charge < -0.3 is 14.6 Å². The number of benzene rings is 1. The number of amides is 1. The number of carbonyl (C=O) groups excluding carboxylic acids is 2. The van der Waals surface area contributed by atoms with E-state index in [-0.39, 0.29) is 18.4 Å². The molecule has 2 aliphatic rings. The molecular weight excluding hydrogens is 298 g/mol. The minimum absolute atomic E-state index is 0.0540. The Morgan fingerprint density at radius 3 is 2.65 bits per heavy atom. The number of aliphatic hydroxyl groups excluding tert-OH is 1. The summed E-state index contributed by atoms with van der Waals surface area (Å²) in [5.41, 5.74) is 0.884. The van der Waals surface area contributed by atoms with Gasteiger partial charge in [-0.05, 0) is 24.3 Å². The van der Waals surface area contributed by atoms with Crippen LogP contribution in [0.5, 0.6) is 0 Å². The molecule has 0 aromatic heterocycles. The molecule has 1 aromatic rings. The largest absolute Gasteiger partial charge is 0.467 e. The van der Waals surface area contributed by atoms with E-state index >= 15 is 0 Å². The summed E-state index contributed by atoms with van der Waals surface area (Å²) in [5.74, 6) is -0.576. The molecule has 6 heteroatoms. The number of nitrogens with zero attached hydrogens (tertiary/aromatic N) is 1. The summed E-state index contributed by atoms with van der Waals surface area (Å²) in [6.45, 7) is 0.487. The number of rotatable bonds is 3. The molecule has 4 atom stereocenters. The molecule has 1 saturated carbocycles. The second kappa shape index (κ2) is 6.58. The van der Waals surface area contributed by atoms with Gasteiger partial charge in [-0.2, -0.15) is 0 Å². The molecular formula is C17H21NO5. The third-order valence-corrected chi connectivity index (χ3v) is 4.87. The molecule has 0 unspecified atom stereocenters. The first kappa shape index (κ1) is 15.8. The molecule has 0 bridgehead atoms. The molecule has 0 spiro atoms. The van der Waals surface area contributed by atoms with Crippen LogP contribution in [-0.2, 0) is 20.9 Å². The number of carbonyl (C=O) groups is 2. The Hall–Kier alpha value is -2.08. The summed E-state index contributed by atoms with van der Waals surface area (Å²) in [5, 5.41) is 10.0. The van der Waals surface area contributed by atoms with Crippen molar-refractivity contribution in [3.63, 3.8) is 0 Å². The van der Waals surface area contributed by atoms with Gasteiger partial charge in [0.15, 0.2) is 0 Å². The fourth-order valence-electron chi connectivity index (χ4n) is 3.71. The van der Waals surface area contributed by atoms with Gasteiger partial charge in [0.25, 0.3) is 0 Å². The maximum absolute atomic E-state index is 12.4. The predicted octanol–water partition coefficient (Wildman–Crippen LogP) is 1.57. The monoisotopic (exact) mass is 319 g/mol. The van der Waals surface area contributed by atoms with Crippen molar-refractivity contribution in [1.82, 2.24) is 4.90 Å². The van der Waals surface area contributed by atoms with Crippen LogP contribution in [0.3, 0.4) is 0 Å². The Kier molecular flexibility index (Phi) is 4.52. The van der Waals surface area contributed by atoms with Crippen LogP contribution in [0.1, 0.15) is 18.4 Å². The first-order valence-corrected chi connectivity index (χ1v) is 7.85. The second-order valence-corrected chi connectivity index (χ2v) is 6.13. The molecule has 1 N–H and O–H groups in total. The Bertz CT molecular complexity index is 576. The van der Waals surface area contributed by atoms with E-state index in [9.17, 15) is 14.7 Å². The number of esters is 1. The lowest BCUT2D eigenvalue weighted by Gasteiger charge is -2.25. The molecule has 3 rings (SSSR count). The predicted molar refractivity (Wildman–Crippen MR) is 81.4 cm³/mol. The van der Waals surface area contributed by atoms with Crippen LogP contribution in [0.4, 0.5) is 4.79 Å². The molecule has 1 saturated heterocycles. The van der Waals surface area contributed by atoms with Gasteiger partial charge in [0.05, 0.1) is 13.2 Å². The number of hydrogen-bond acceptors (Lipinski definition) is 5. The van der Waals surface area contributed by atoms with Crippen LogP contribution in [0.2, 0.25) is 0 Å². The van der Waals surface area contributed by atoms with Crippen molar-refractivity contribution < 1.29 is 24.2 Å². The van der Waals surface area contributed by atoms with Gasteiger partial charge in [-0.25, -0.2) is 9.59 Å². The zero-order valence-corrected chi connectivity index (χ0v) is 13.1. The van der Waals surface area contributed by atoms with Crippen molar-refractivity contribution >= 4 is 12.1 Å². The van der Waals surface area contributed by atoms with Crippen LogP contribution in [-0.4, -0.2) is 47.9 Å². The first-order valence-electron chi connectivity index (χ1n) is 7.85. The number of ether oxygens (including phenoxy) is 2. The van der Waals surface area contributed by atoms with Crippen molar-refractivity contribution in [1.29, 1.82) is 0 Å². The van der Waals surface area contributed by atoms with Crippen LogP contribution in [0.25, 0.3) is 0 Å². The highest BCUT2D eigenvalue weighted by molar-refractivity contribution is 5.82. The van der Waals surface area contributed by atoms with Gasteiger partial charge in [-0.15, -0.1) is 0 Å². The van der Waals surface area contributed by atoms with E-state index in [1.807, 2.05) is 30.3 Å². The quantitative estimate of drug-likeness (QED) is 0.856. The van der Waals surface area contributed by atoms with E-state index in [4.69, 9.17) is 9.47 Å². The lowest BCUT2D eigenvalue weighted by molar-refractivity contribution is -0.146.